The summed E-state index contributed by atoms with van der Waals surface area (Å²) >= 11 is 1.65. The molecule has 4 heteroatoms. The Hall–Kier alpha value is -2.46. The molecule has 102 valence electrons. The Labute approximate surface area is 124 Å². The van der Waals surface area contributed by atoms with E-state index >= 15 is 0 Å². The van der Waals surface area contributed by atoms with Crippen LogP contribution in [0.15, 0.2) is 63.8 Å². The van der Waals surface area contributed by atoms with Gasteiger partial charge in [-0.2, -0.15) is 0 Å². The molecule has 0 saturated carbocycles. The molecule has 0 aliphatic carbocycles. The number of fused-ring (bicyclic) bond motifs is 3. The van der Waals surface area contributed by atoms with Crippen LogP contribution in [0.2, 0.25) is 0 Å². The van der Waals surface area contributed by atoms with Gasteiger partial charge in [-0.3, -0.25) is 0 Å². The van der Waals surface area contributed by atoms with Crippen molar-refractivity contribution in [2.45, 2.75) is 6.42 Å². The lowest BCUT2D eigenvalue weighted by atomic mass is 10.2. The molecule has 3 nitrogen and oxygen atoms in total. The van der Waals surface area contributed by atoms with E-state index in [1.165, 1.54) is 11.6 Å². The lowest BCUT2D eigenvalue weighted by Gasteiger charge is -1.95. The van der Waals surface area contributed by atoms with Crippen LogP contribution in [-0.4, -0.2) is 4.98 Å². The summed E-state index contributed by atoms with van der Waals surface area (Å²) in [6, 6.07) is 17.3. The van der Waals surface area contributed by atoms with Gasteiger partial charge in [-0.1, -0.05) is 30.3 Å². The predicted octanol–water partition coefficient (Wildman–Crippen LogP) is 3.99. The van der Waals surface area contributed by atoms with Gasteiger partial charge in [0.25, 0.3) is 0 Å². The molecule has 0 N–H and O–H groups in total. The van der Waals surface area contributed by atoms with Crippen molar-refractivity contribution in [1.29, 1.82) is 0 Å². The quantitative estimate of drug-likeness (QED) is 0.525. The summed E-state index contributed by atoms with van der Waals surface area (Å²) in [7, 11) is 0. The van der Waals surface area contributed by atoms with Crippen LogP contribution in [-0.2, 0) is 6.42 Å². The van der Waals surface area contributed by atoms with Crippen molar-refractivity contribution in [2.24, 2.45) is 0 Å². The summed E-state index contributed by atoms with van der Waals surface area (Å²) in [5, 5.41) is 2.01. The monoisotopic (exact) mass is 293 g/mol. The van der Waals surface area contributed by atoms with Crippen LogP contribution < -0.4 is 5.63 Å². The number of rotatable bonds is 2. The van der Waals surface area contributed by atoms with Gasteiger partial charge in [0.1, 0.15) is 5.58 Å². The van der Waals surface area contributed by atoms with E-state index in [9.17, 15) is 4.79 Å². The Balaban J connectivity index is 1.86. The van der Waals surface area contributed by atoms with Gasteiger partial charge in [-0.05, 0) is 23.8 Å². The van der Waals surface area contributed by atoms with Crippen molar-refractivity contribution in [3.8, 4) is 0 Å². The van der Waals surface area contributed by atoms with Crippen molar-refractivity contribution in [1.82, 2.24) is 4.98 Å². The summed E-state index contributed by atoms with van der Waals surface area (Å²) in [5.74, 6) is 0. The minimum Gasteiger partial charge on any atom is -0.423 e. The van der Waals surface area contributed by atoms with Crippen molar-refractivity contribution < 1.29 is 4.42 Å². The van der Waals surface area contributed by atoms with E-state index in [0.717, 1.165) is 27.0 Å². The van der Waals surface area contributed by atoms with Gasteiger partial charge in [0.05, 0.1) is 15.2 Å². The fourth-order valence-electron chi connectivity index (χ4n) is 2.43. The minimum atomic E-state index is -0.323. The Morgan fingerprint density at radius 3 is 2.71 bits per heavy atom. The van der Waals surface area contributed by atoms with E-state index in [0.29, 0.717) is 5.58 Å². The van der Waals surface area contributed by atoms with Crippen LogP contribution >= 0.6 is 11.3 Å². The van der Waals surface area contributed by atoms with E-state index in [2.05, 4.69) is 17.1 Å². The smallest absolute Gasteiger partial charge is 0.336 e. The van der Waals surface area contributed by atoms with Crippen LogP contribution in [0.3, 0.4) is 0 Å². The zero-order valence-corrected chi connectivity index (χ0v) is 11.9. The molecule has 2 aromatic carbocycles. The zero-order valence-electron chi connectivity index (χ0n) is 11.1. The minimum absolute atomic E-state index is 0.323. The number of nitrogens with zero attached hydrogens (tertiary/aromatic N) is 1. The van der Waals surface area contributed by atoms with E-state index < -0.39 is 0 Å². The maximum absolute atomic E-state index is 11.3. The second-order valence-corrected chi connectivity index (χ2v) is 5.93. The molecule has 0 aliphatic rings. The summed E-state index contributed by atoms with van der Waals surface area (Å²) in [6.07, 6.45) is 0.818. The summed E-state index contributed by atoms with van der Waals surface area (Å²) in [5.41, 5.74) is 2.49. The van der Waals surface area contributed by atoms with Gasteiger partial charge >= 0.3 is 5.63 Å². The Morgan fingerprint density at radius 1 is 1.00 bits per heavy atom. The lowest BCUT2D eigenvalue weighted by molar-refractivity contribution is 0.561. The number of benzene rings is 2. The van der Waals surface area contributed by atoms with Crippen molar-refractivity contribution in [2.75, 3.05) is 0 Å². The van der Waals surface area contributed by atoms with Crippen molar-refractivity contribution in [3.63, 3.8) is 0 Å². The van der Waals surface area contributed by atoms with Crippen LogP contribution in [0.25, 0.3) is 21.2 Å². The van der Waals surface area contributed by atoms with E-state index in [4.69, 9.17) is 4.42 Å². The molecule has 0 bridgehead atoms. The van der Waals surface area contributed by atoms with Crippen LogP contribution in [0.5, 0.6) is 0 Å². The molecule has 0 atom stereocenters. The molecule has 2 heterocycles. The summed E-state index contributed by atoms with van der Waals surface area (Å²) in [6.45, 7) is 0. The van der Waals surface area contributed by atoms with Gasteiger partial charge in [0, 0.05) is 17.9 Å². The summed E-state index contributed by atoms with van der Waals surface area (Å²) in [4.78, 5) is 16.0. The molecule has 0 aliphatic heterocycles. The maximum Gasteiger partial charge on any atom is 0.336 e. The van der Waals surface area contributed by atoms with Gasteiger partial charge in [-0.15, -0.1) is 11.3 Å². The Bertz CT molecular complexity index is 986. The zero-order chi connectivity index (χ0) is 14.2. The first-order chi connectivity index (χ1) is 10.3. The fraction of sp³-hybridized carbons (Fsp3) is 0.0588. The normalized spacial score (nSPS) is 11.2. The fourth-order valence-corrected chi connectivity index (χ4v) is 3.54. The van der Waals surface area contributed by atoms with Crippen LogP contribution in [0.4, 0.5) is 0 Å². The molecule has 2 aromatic heterocycles. The highest BCUT2D eigenvalue weighted by Crippen LogP contribution is 2.30. The van der Waals surface area contributed by atoms with E-state index in [1.807, 2.05) is 36.4 Å². The molecule has 21 heavy (non-hydrogen) atoms. The second-order valence-electron chi connectivity index (χ2n) is 4.85. The van der Waals surface area contributed by atoms with E-state index in [1.54, 1.807) is 11.3 Å². The van der Waals surface area contributed by atoms with E-state index in [-0.39, 0.29) is 5.63 Å². The number of hydrogen-bond acceptors (Lipinski definition) is 4. The molecule has 0 fully saturated rings. The maximum atomic E-state index is 11.3. The van der Waals surface area contributed by atoms with Crippen molar-refractivity contribution >= 4 is 32.5 Å². The highest BCUT2D eigenvalue weighted by molar-refractivity contribution is 7.19. The Kier molecular flexibility index (Phi) is 2.82. The third kappa shape index (κ3) is 2.23. The average Bonchev–Trinajstić information content (AvgIpc) is 2.90. The number of hydrogen-bond donors (Lipinski definition) is 0. The first kappa shape index (κ1) is 12.3. The highest BCUT2D eigenvalue weighted by Gasteiger charge is 2.09. The molecule has 0 saturated heterocycles. The van der Waals surface area contributed by atoms with Gasteiger partial charge in [-0.25, -0.2) is 9.78 Å². The van der Waals surface area contributed by atoms with Crippen molar-refractivity contribution in [3.05, 3.63) is 75.6 Å². The molecular weight excluding hydrogens is 282 g/mol. The number of thiazole rings is 1. The van der Waals surface area contributed by atoms with Gasteiger partial charge < -0.3 is 4.42 Å². The topological polar surface area (TPSA) is 43.1 Å². The molecule has 0 spiro atoms. The first-order valence-corrected chi connectivity index (χ1v) is 7.47. The van der Waals surface area contributed by atoms with Gasteiger partial charge in [0.15, 0.2) is 0 Å². The largest absolute Gasteiger partial charge is 0.423 e. The SMILES string of the molecule is O=c1ccc2c(ccc3nc(Cc4ccccc4)sc32)o1. The highest BCUT2D eigenvalue weighted by atomic mass is 32.1. The molecule has 4 rings (SSSR count). The molecule has 0 amide bonds. The molecule has 0 radical (unpaired) electrons. The number of aromatic nitrogens is 1. The predicted molar refractivity (Wildman–Crippen MR) is 84.9 cm³/mol. The van der Waals surface area contributed by atoms with Gasteiger partial charge in [0.2, 0.25) is 0 Å². The third-order valence-corrected chi connectivity index (χ3v) is 4.50. The molecule has 0 unspecified atom stereocenters. The van der Waals surface area contributed by atoms with Crippen LogP contribution in [0.1, 0.15) is 10.6 Å². The average molecular weight is 293 g/mol. The molecule has 4 aromatic rings. The first-order valence-electron chi connectivity index (χ1n) is 6.66. The lowest BCUT2D eigenvalue weighted by Crippen LogP contribution is -1.93. The Morgan fingerprint density at radius 2 is 1.86 bits per heavy atom. The molecular formula is C17H11NO2S. The van der Waals surface area contributed by atoms with Crippen LogP contribution in [0, 0.1) is 0 Å². The second kappa shape index (κ2) is 4.82. The third-order valence-electron chi connectivity index (χ3n) is 3.40. The standard InChI is InChI=1S/C17H11NO2S/c19-16-9-6-12-14(20-16)8-7-13-17(12)21-15(18-13)10-11-4-2-1-3-5-11/h1-9H,10H2. The summed E-state index contributed by atoms with van der Waals surface area (Å²) < 4.78 is 6.29.